The lowest BCUT2D eigenvalue weighted by Gasteiger charge is -2.13. The Balaban J connectivity index is 2.20. The van der Waals surface area contributed by atoms with Crippen LogP contribution in [0.3, 0.4) is 0 Å². The first-order chi connectivity index (χ1) is 11.7. The van der Waals surface area contributed by atoms with Crippen molar-refractivity contribution in [2.24, 2.45) is 0 Å². The van der Waals surface area contributed by atoms with Gasteiger partial charge in [-0.1, -0.05) is 0 Å². The van der Waals surface area contributed by atoms with E-state index >= 15 is 0 Å². The van der Waals surface area contributed by atoms with Crippen LogP contribution in [0.2, 0.25) is 0 Å². The van der Waals surface area contributed by atoms with Crippen LogP contribution in [0.4, 0.5) is 5.69 Å². The van der Waals surface area contributed by atoms with Gasteiger partial charge in [0.25, 0.3) is 5.56 Å². The van der Waals surface area contributed by atoms with E-state index in [1.54, 1.807) is 24.3 Å². The molecule has 2 rings (SSSR count). The number of benzene rings is 1. The molecule has 1 amide bonds. The first-order valence-corrected chi connectivity index (χ1v) is 8.61. The summed E-state index contributed by atoms with van der Waals surface area (Å²) in [5.74, 6) is -0.494. The molecule has 0 aliphatic heterocycles. The topological polar surface area (TPSA) is 112 Å². The van der Waals surface area contributed by atoms with Gasteiger partial charge in [0.15, 0.2) is 0 Å². The maximum atomic E-state index is 12.1. The third-order valence-corrected chi connectivity index (χ3v) is 5.15. The summed E-state index contributed by atoms with van der Waals surface area (Å²) in [7, 11) is -0.953. The molecule has 0 fully saturated rings. The molecule has 130 valence electrons. The smallest absolute Gasteiger partial charge is 0.251 e. The molecule has 0 bridgehead atoms. The van der Waals surface area contributed by atoms with Gasteiger partial charge in [-0.2, -0.15) is 5.26 Å². The molecule has 8 nitrogen and oxygen atoms in total. The quantitative estimate of drug-likeness (QED) is 0.839. The van der Waals surface area contributed by atoms with Crippen LogP contribution >= 0.6 is 0 Å². The highest BCUT2D eigenvalue weighted by atomic mass is 32.2. The molecule has 0 saturated heterocycles. The molecule has 1 heterocycles. The van der Waals surface area contributed by atoms with Crippen molar-refractivity contribution < 1.29 is 13.2 Å². The number of carbonyl (C=O) groups excluding carboxylic acids is 1. The number of rotatable bonds is 5. The van der Waals surface area contributed by atoms with Crippen molar-refractivity contribution in [3.63, 3.8) is 0 Å². The fourth-order valence-corrected chi connectivity index (χ4v) is 2.90. The molecular formula is C16H16N4O4S. The van der Waals surface area contributed by atoms with E-state index in [9.17, 15) is 18.0 Å². The summed E-state index contributed by atoms with van der Waals surface area (Å²) in [5.41, 5.74) is 0.428. The third kappa shape index (κ3) is 4.32. The molecule has 0 aliphatic rings. The van der Waals surface area contributed by atoms with Gasteiger partial charge in [0.1, 0.15) is 6.54 Å². The average Bonchev–Trinajstić information content (AvgIpc) is 2.57. The second-order valence-corrected chi connectivity index (χ2v) is 7.51. The van der Waals surface area contributed by atoms with Gasteiger partial charge in [-0.15, -0.1) is 0 Å². The van der Waals surface area contributed by atoms with Gasteiger partial charge in [0.2, 0.25) is 15.9 Å². The number of aromatic nitrogens is 1. The van der Waals surface area contributed by atoms with E-state index in [0.717, 1.165) is 21.1 Å². The number of hydrogen-bond acceptors (Lipinski definition) is 5. The molecule has 25 heavy (non-hydrogen) atoms. The number of pyridine rings is 1. The average molecular weight is 360 g/mol. The Hall–Kier alpha value is -2.96. The van der Waals surface area contributed by atoms with E-state index in [1.165, 1.54) is 20.2 Å². The molecule has 1 aromatic heterocycles. The number of sulfonamides is 1. The highest BCUT2D eigenvalue weighted by molar-refractivity contribution is 7.89. The molecule has 0 saturated carbocycles. The predicted molar refractivity (Wildman–Crippen MR) is 91.4 cm³/mol. The van der Waals surface area contributed by atoms with Crippen molar-refractivity contribution in [3.8, 4) is 6.07 Å². The first kappa shape index (κ1) is 18.4. The Morgan fingerprint density at radius 3 is 2.40 bits per heavy atom. The van der Waals surface area contributed by atoms with Crippen LogP contribution < -0.4 is 10.9 Å². The zero-order valence-corrected chi connectivity index (χ0v) is 14.4. The van der Waals surface area contributed by atoms with Crippen LogP contribution in [0.15, 0.2) is 52.3 Å². The van der Waals surface area contributed by atoms with E-state index in [0.29, 0.717) is 11.3 Å². The Morgan fingerprint density at radius 2 is 1.84 bits per heavy atom. The Kier molecular flexibility index (Phi) is 5.36. The summed E-state index contributed by atoms with van der Waals surface area (Å²) in [6.45, 7) is -0.338. The van der Waals surface area contributed by atoms with E-state index in [-0.39, 0.29) is 11.4 Å². The second-order valence-electron chi connectivity index (χ2n) is 5.36. The van der Waals surface area contributed by atoms with E-state index in [4.69, 9.17) is 5.26 Å². The normalized spacial score (nSPS) is 11.1. The molecule has 2 aromatic rings. The molecule has 0 radical (unpaired) electrons. The van der Waals surface area contributed by atoms with Crippen LogP contribution in [0.1, 0.15) is 5.56 Å². The molecule has 1 aromatic carbocycles. The van der Waals surface area contributed by atoms with Gasteiger partial charge in [0, 0.05) is 32.0 Å². The summed E-state index contributed by atoms with van der Waals surface area (Å²) >= 11 is 0. The first-order valence-electron chi connectivity index (χ1n) is 7.17. The number of nitrogens with one attached hydrogen (secondary N) is 1. The zero-order chi connectivity index (χ0) is 18.6. The molecule has 9 heteroatoms. The fraction of sp³-hybridized carbons (Fsp3) is 0.188. The van der Waals surface area contributed by atoms with Crippen molar-refractivity contribution >= 4 is 21.6 Å². The Labute approximate surface area is 145 Å². The number of nitriles is 1. The molecule has 0 spiro atoms. The molecule has 0 atom stereocenters. The number of nitrogens with zero attached hydrogens (tertiary/aromatic N) is 3. The summed E-state index contributed by atoms with van der Waals surface area (Å²) in [6.07, 6.45) is 1.13. The molecule has 1 N–H and O–H groups in total. The summed E-state index contributed by atoms with van der Waals surface area (Å²) in [4.78, 5) is 23.9. The van der Waals surface area contributed by atoms with Gasteiger partial charge in [-0.05, 0) is 30.3 Å². The van der Waals surface area contributed by atoms with Crippen LogP contribution in [0.5, 0.6) is 0 Å². The highest BCUT2D eigenvalue weighted by Crippen LogP contribution is 2.11. The van der Waals surface area contributed by atoms with Crippen molar-refractivity contribution in [3.05, 3.63) is 58.5 Å². The number of hydrogen-bond donors (Lipinski definition) is 1. The lowest BCUT2D eigenvalue weighted by atomic mass is 10.2. The maximum Gasteiger partial charge on any atom is 0.251 e. The van der Waals surface area contributed by atoms with Gasteiger partial charge >= 0.3 is 0 Å². The highest BCUT2D eigenvalue weighted by Gasteiger charge is 2.18. The minimum atomic E-state index is -3.71. The van der Waals surface area contributed by atoms with Crippen molar-refractivity contribution in [1.29, 1.82) is 5.26 Å². The lowest BCUT2D eigenvalue weighted by molar-refractivity contribution is -0.116. The van der Waals surface area contributed by atoms with Crippen molar-refractivity contribution in [2.45, 2.75) is 11.4 Å². The van der Waals surface area contributed by atoms with E-state index < -0.39 is 21.5 Å². The minimum Gasteiger partial charge on any atom is -0.325 e. The summed E-state index contributed by atoms with van der Waals surface area (Å²) in [5, 5.41) is 11.3. The second kappa shape index (κ2) is 7.29. The fourth-order valence-electron chi connectivity index (χ4n) is 1.98. The van der Waals surface area contributed by atoms with Crippen molar-refractivity contribution in [2.75, 3.05) is 19.4 Å². The van der Waals surface area contributed by atoms with Crippen LogP contribution in [0, 0.1) is 11.3 Å². The molecular weight excluding hydrogens is 344 g/mol. The van der Waals surface area contributed by atoms with Gasteiger partial charge in [-0.25, -0.2) is 12.7 Å². The van der Waals surface area contributed by atoms with Gasteiger partial charge in [0.05, 0.1) is 16.5 Å². The summed E-state index contributed by atoms with van der Waals surface area (Å²) in [6, 6.07) is 10.5. The Morgan fingerprint density at radius 1 is 1.20 bits per heavy atom. The monoisotopic (exact) mass is 360 g/mol. The predicted octanol–water partition coefficient (Wildman–Crippen LogP) is 0.609. The number of carbonyl (C=O) groups is 1. The largest absolute Gasteiger partial charge is 0.325 e. The summed E-state index contributed by atoms with van der Waals surface area (Å²) < 4.78 is 26.3. The maximum absolute atomic E-state index is 12.1. The van der Waals surface area contributed by atoms with Gasteiger partial charge < -0.3 is 9.88 Å². The lowest BCUT2D eigenvalue weighted by Crippen LogP contribution is -2.29. The number of amides is 1. The SMILES string of the molecule is CN(C)S(=O)(=O)c1ccc(=O)n(CC(=O)Nc2ccc(C#N)cc2)c1. The van der Waals surface area contributed by atoms with Crippen LogP contribution in [-0.2, 0) is 21.4 Å². The van der Waals surface area contributed by atoms with Crippen LogP contribution in [-0.4, -0.2) is 37.3 Å². The molecule has 0 aliphatic carbocycles. The van der Waals surface area contributed by atoms with E-state index in [2.05, 4.69) is 5.32 Å². The van der Waals surface area contributed by atoms with Gasteiger partial charge in [-0.3, -0.25) is 9.59 Å². The molecule has 0 unspecified atom stereocenters. The number of anilines is 1. The minimum absolute atomic E-state index is 0.0803. The third-order valence-electron chi connectivity index (χ3n) is 3.35. The van der Waals surface area contributed by atoms with Crippen LogP contribution in [0.25, 0.3) is 0 Å². The standard InChI is InChI=1S/C16H16N4O4S/c1-19(2)25(23,24)14-7-8-16(22)20(10-14)11-15(21)18-13-5-3-12(9-17)4-6-13/h3-8,10H,11H2,1-2H3,(H,18,21). The van der Waals surface area contributed by atoms with E-state index in [1.807, 2.05) is 6.07 Å². The zero-order valence-electron chi connectivity index (χ0n) is 13.6. The van der Waals surface area contributed by atoms with Crippen molar-refractivity contribution in [1.82, 2.24) is 8.87 Å². The Bertz CT molecular complexity index is 986.